The van der Waals surface area contributed by atoms with Crippen LogP contribution in [0.3, 0.4) is 0 Å². The summed E-state index contributed by atoms with van der Waals surface area (Å²) in [6.45, 7) is 0.104. The fourth-order valence-corrected chi connectivity index (χ4v) is 3.23. The van der Waals surface area contributed by atoms with Gasteiger partial charge in [0, 0.05) is 17.9 Å². The molecule has 3 rings (SSSR count). The highest BCUT2D eigenvalue weighted by molar-refractivity contribution is 8.14. The third-order valence-corrected chi connectivity index (χ3v) is 4.36. The molecule has 23 heavy (non-hydrogen) atoms. The van der Waals surface area contributed by atoms with Crippen LogP contribution in [0.2, 0.25) is 0 Å². The summed E-state index contributed by atoms with van der Waals surface area (Å²) in [5.41, 5.74) is -3.54. The summed E-state index contributed by atoms with van der Waals surface area (Å²) in [6.07, 6.45) is -5.10. The number of rotatable bonds is 2. The Balaban J connectivity index is 1.96. The number of nitrogens with zero attached hydrogens (tertiary/aromatic N) is 2. The zero-order valence-electron chi connectivity index (χ0n) is 11.4. The van der Waals surface area contributed by atoms with E-state index in [-0.39, 0.29) is 17.3 Å². The van der Waals surface area contributed by atoms with Crippen LogP contribution < -0.4 is 5.32 Å². The first kappa shape index (κ1) is 15.8. The first-order valence-electron chi connectivity index (χ1n) is 6.44. The van der Waals surface area contributed by atoms with E-state index in [0.29, 0.717) is 5.75 Å². The largest absolute Gasteiger partial charge is 0.442 e. The molecule has 2 aliphatic heterocycles. The van der Waals surface area contributed by atoms with Gasteiger partial charge >= 0.3 is 11.8 Å². The van der Waals surface area contributed by atoms with Crippen LogP contribution in [0.5, 0.6) is 0 Å². The van der Waals surface area contributed by atoms with Crippen LogP contribution in [0.1, 0.15) is 10.4 Å². The molecule has 1 saturated heterocycles. The van der Waals surface area contributed by atoms with E-state index in [0.717, 1.165) is 40.9 Å². The molecule has 1 aromatic rings. The van der Waals surface area contributed by atoms with Gasteiger partial charge in [0.2, 0.25) is 0 Å². The van der Waals surface area contributed by atoms with Crippen LogP contribution in [0.4, 0.5) is 17.6 Å². The molecule has 0 spiro atoms. The predicted octanol–water partition coefficient (Wildman–Crippen LogP) is 1.76. The van der Waals surface area contributed by atoms with Crippen molar-refractivity contribution in [3.8, 4) is 0 Å². The Hall–Kier alpha value is -2.10. The van der Waals surface area contributed by atoms with Crippen LogP contribution in [-0.4, -0.2) is 46.0 Å². The lowest BCUT2D eigenvalue weighted by molar-refractivity contribution is -0.196. The van der Waals surface area contributed by atoms with Crippen molar-refractivity contribution >= 4 is 28.7 Å². The third-order valence-electron chi connectivity index (χ3n) is 3.41. The van der Waals surface area contributed by atoms with E-state index in [1.807, 2.05) is 0 Å². The fourth-order valence-electron chi connectivity index (χ4n) is 2.24. The standard InChI is InChI=1S/C13H9F4N3O2S/c14-8-3-1-7(2-4-8)9(21)18-12(13(15,16)17)10(22)20-5-6-23-11(20)19-12/h1-4H,5-6H2,(H,18,21)/t12-/m1/s1. The SMILES string of the molecule is O=C(N[C@@]1(C(F)(F)F)N=C2SCCN2C1=O)c1ccc(F)cc1. The smallest absolute Gasteiger partial charge is 0.312 e. The van der Waals surface area contributed by atoms with Crippen molar-refractivity contribution in [2.75, 3.05) is 12.3 Å². The number of nitrogens with one attached hydrogen (secondary N) is 1. The lowest BCUT2D eigenvalue weighted by Crippen LogP contribution is -2.63. The molecule has 2 amide bonds. The second kappa shape index (κ2) is 5.22. The number of hydrogen-bond donors (Lipinski definition) is 1. The Morgan fingerprint density at radius 3 is 2.52 bits per heavy atom. The molecule has 10 heteroatoms. The van der Waals surface area contributed by atoms with Gasteiger partial charge in [0.25, 0.3) is 11.8 Å². The maximum Gasteiger partial charge on any atom is 0.442 e. The van der Waals surface area contributed by atoms with Crippen molar-refractivity contribution in [2.24, 2.45) is 4.99 Å². The first-order valence-corrected chi connectivity index (χ1v) is 7.42. The summed E-state index contributed by atoms with van der Waals surface area (Å²) in [5.74, 6) is -2.68. The molecule has 0 bridgehead atoms. The highest BCUT2D eigenvalue weighted by atomic mass is 32.2. The average Bonchev–Trinajstić information content (AvgIpc) is 3.02. The quantitative estimate of drug-likeness (QED) is 0.830. The Morgan fingerprint density at radius 1 is 1.30 bits per heavy atom. The van der Waals surface area contributed by atoms with Gasteiger partial charge in [-0.3, -0.25) is 14.5 Å². The van der Waals surface area contributed by atoms with E-state index < -0.39 is 29.5 Å². The van der Waals surface area contributed by atoms with Crippen LogP contribution in [0.25, 0.3) is 0 Å². The maximum absolute atomic E-state index is 13.5. The van der Waals surface area contributed by atoms with Crippen molar-refractivity contribution in [2.45, 2.75) is 11.8 Å². The molecule has 0 radical (unpaired) electrons. The minimum atomic E-state index is -5.10. The minimum absolute atomic E-state index is 0.0632. The van der Waals surface area contributed by atoms with Crippen molar-refractivity contribution in [3.05, 3.63) is 35.6 Å². The molecule has 1 N–H and O–H groups in total. The Kier molecular flexibility index (Phi) is 3.58. The highest BCUT2D eigenvalue weighted by Gasteiger charge is 2.67. The predicted molar refractivity (Wildman–Crippen MR) is 74.3 cm³/mol. The van der Waals surface area contributed by atoms with Crippen LogP contribution in [0, 0.1) is 5.82 Å². The molecule has 122 valence electrons. The topological polar surface area (TPSA) is 61.8 Å². The molecule has 0 unspecified atom stereocenters. The van der Waals surface area contributed by atoms with Gasteiger partial charge in [0.1, 0.15) is 5.82 Å². The van der Waals surface area contributed by atoms with Gasteiger partial charge in [-0.15, -0.1) is 0 Å². The molecular weight excluding hydrogens is 338 g/mol. The number of carbonyl (C=O) groups is 2. The van der Waals surface area contributed by atoms with Gasteiger partial charge in [-0.2, -0.15) is 13.2 Å². The molecule has 2 heterocycles. The lowest BCUT2D eigenvalue weighted by atomic mass is 10.1. The van der Waals surface area contributed by atoms with Gasteiger partial charge in [-0.25, -0.2) is 9.38 Å². The molecule has 1 fully saturated rings. The van der Waals surface area contributed by atoms with Crippen molar-refractivity contribution in [1.29, 1.82) is 0 Å². The number of aliphatic imine (C=N–C) groups is 1. The third kappa shape index (κ3) is 2.46. The number of amides is 2. The van der Waals surface area contributed by atoms with Crippen molar-refractivity contribution in [3.63, 3.8) is 0 Å². The molecule has 0 aliphatic carbocycles. The highest BCUT2D eigenvalue weighted by Crippen LogP contribution is 2.40. The van der Waals surface area contributed by atoms with Gasteiger partial charge < -0.3 is 5.32 Å². The number of thioether (sulfide) groups is 1. The molecular formula is C13H9F4N3O2S. The number of benzene rings is 1. The van der Waals surface area contributed by atoms with Crippen molar-refractivity contribution < 1.29 is 27.2 Å². The number of halogens is 4. The van der Waals surface area contributed by atoms with E-state index in [1.54, 1.807) is 5.32 Å². The van der Waals surface area contributed by atoms with Gasteiger partial charge in [0.05, 0.1) is 0 Å². The Morgan fingerprint density at radius 2 is 1.96 bits per heavy atom. The molecule has 2 aliphatic rings. The molecule has 0 aromatic heterocycles. The van der Waals surface area contributed by atoms with Crippen LogP contribution in [-0.2, 0) is 4.79 Å². The fraction of sp³-hybridized carbons (Fsp3) is 0.308. The normalized spacial score (nSPS) is 23.7. The molecule has 1 aromatic carbocycles. The summed E-state index contributed by atoms with van der Waals surface area (Å²) < 4.78 is 53.3. The number of fused-ring (bicyclic) bond motifs is 1. The Labute approximate surface area is 131 Å². The summed E-state index contributed by atoms with van der Waals surface area (Å²) >= 11 is 1.01. The second-order valence-electron chi connectivity index (χ2n) is 4.87. The Bertz CT molecular complexity index is 704. The first-order chi connectivity index (χ1) is 10.7. The number of carbonyl (C=O) groups excluding carboxylic acids is 2. The lowest BCUT2D eigenvalue weighted by Gasteiger charge is -2.28. The molecule has 5 nitrogen and oxygen atoms in total. The zero-order valence-corrected chi connectivity index (χ0v) is 12.2. The summed E-state index contributed by atoms with van der Waals surface area (Å²) in [7, 11) is 0. The number of alkyl halides is 3. The van der Waals surface area contributed by atoms with Crippen LogP contribution in [0.15, 0.2) is 29.3 Å². The van der Waals surface area contributed by atoms with Crippen LogP contribution >= 0.6 is 11.8 Å². The monoisotopic (exact) mass is 347 g/mol. The summed E-state index contributed by atoms with van der Waals surface area (Å²) in [6, 6.07) is 3.92. The van der Waals surface area contributed by atoms with Crippen molar-refractivity contribution in [1.82, 2.24) is 10.2 Å². The summed E-state index contributed by atoms with van der Waals surface area (Å²) in [5, 5.41) is 1.60. The van der Waals surface area contributed by atoms with Gasteiger partial charge in [0.15, 0.2) is 5.17 Å². The summed E-state index contributed by atoms with van der Waals surface area (Å²) in [4.78, 5) is 28.6. The van der Waals surface area contributed by atoms with E-state index in [4.69, 9.17) is 0 Å². The van der Waals surface area contributed by atoms with Gasteiger partial charge in [-0.1, -0.05) is 11.8 Å². The van der Waals surface area contributed by atoms with E-state index >= 15 is 0 Å². The minimum Gasteiger partial charge on any atom is -0.312 e. The number of hydrogen-bond acceptors (Lipinski definition) is 4. The van der Waals surface area contributed by atoms with Gasteiger partial charge in [-0.05, 0) is 24.3 Å². The van der Waals surface area contributed by atoms with E-state index in [2.05, 4.69) is 4.99 Å². The second-order valence-corrected chi connectivity index (χ2v) is 5.93. The average molecular weight is 347 g/mol. The van der Waals surface area contributed by atoms with E-state index in [9.17, 15) is 27.2 Å². The maximum atomic E-state index is 13.5. The molecule has 1 atom stereocenters. The zero-order chi connectivity index (χ0) is 16.8. The van der Waals surface area contributed by atoms with E-state index in [1.165, 1.54) is 0 Å². The number of amidine groups is 1. The molecule has 0 saturated carbocycles.